The van der Waals surface area contributed by atoms with E-state index in [0.717, 1.165) is 13.1 Å². The number of aryl methyl sites for hydroxylation is 1. The van der Waals surface area contributed by atoms with Crippen LogP contribution in [0.1, 0.15) is 19.5 Å². The molecule has 0 aliphatic rings. The average Bonchev–Trinajstić information content (AvgIpc) is 2.71. The third-order valence-corrected chi connectivity index (χ3v) is 4.26. The first kappa shape index (κ1) is 14.1. The molecule has 0 aromatic carbocycles. The Bertz CT molecular complexity index is 437. The molecule has 17 heavy (non-hydrogen) atoms. The molecule has 0 saturated carbocycles. The van der Waals surface area contributed by atoms with Gasteiger partial charge in [-0.3, -0.25) is 5.10 Å². The quantitative estimate of drug-likeness (QED) is 0.741. The van der Waals surface area contributed by atoms with Crippen LogP contribution in [0.4, 0.5) is 0 Å². The Hall–Kier alpha value is -0.920. The van der Waals surface area contributed by atoms with Crippen molar-refractivity contribution < 1.29 is 8.42 Å². The molecule has 0 aliphatic heterocycles. The van der Waals surface area contributed by atoms with E-state index in [2.05, 4.69) is 33.7 Å². The summed E-state index contributed by atoms with van der Waals surface area (Å²) in [6, 6.07) is 0. The number of sulfonamides is 1. The number of aromatic amines is 1. The van der Waals surface area contributed by atoms with Crippen molar-refractivity contribution in [2.75, 3.05) is 26.2 Å². The van der Waals surface area contributed by atoms with E-state index in [1.54, 1.807) is 6.92 Å². The maximum absolute atomic E-state index is 11.9. The molecule has 2 N–H and O–H groups in total. The summed E-state index contributed by atoms with van der Waals surface area (Å²) in [5.41, 5.74) is 0.556. The minimum Gasteiger partial charge on any atom is -0.303 e. The Labute approximate surface area is 102 Å². The molecule has 0 amide bonds. The second-order valence-corrected chi connectivity index (χ2v) is 5.52. The van der Waals surface area contributed by atoms with Gasteiger partial charge in [0.2, 0.25) is 10.0 Å². The molecule has 1 heterocycles. The van der Waals surface area contributed by atoms with E-state index >= 15 is 0 Å². The van der Waals surface area contributed by atoms with Crippen LogP contribution in [0.3, 0.4) is 0 Å². The van der Waals surface area contributed by atoms with Crippen molar-refractivity contribution in [1.29, 1.82) is 0 Å². The van der Waals surface area contributed by atoms with E-state index in [0.29, 0.717) is 18.8 Å². The molecule has 0 radical (unpaired) electrons. The van der Waals surface area contributed by atoms with E-state index < -0.39 is 10.0 Å². The summed E-state index contributed by atoms with van der Waals surface area (Å²) in [7, 11) is -3.43. The molecule has 0 unspecified atom stereocenters. The van der Waals surface area contributed by atoms with E-state index in [1.165, 1.54) is 6.20 Å². The third-order valence-electron chi connectivity index (χ3n) is 2.69. The number of aromatic nitrogens is 2. The van der Waals surface area contributed by atoms with Gasteiger partial charge in [-0.2, -0.15) is 5.10 Å². The van der Waals surface area contributed by atoms with Gasteiger partial charge >= 0.3 is 0 Å². The molecule has 0 spiro atoms. The summed E-state index contributed by atoms with van der Waals surface area (Å²) in [4.78, 5) is 2.38. The van der Waals surface area contributed by atoms with Gasteiger partial charge in [0.25, 0.3) is 0 Å². The zero-order valence-corrected chi connectivity index (χ0v) is 11.3. The van der Waals surface area contributed by atoms with Crippen molar-refractivity contribution in [3.63, 3.8) is 0 Å². The van der Waals surface area contributed by atoms with Crippen molar-refractivity contribution in [3.8, 4) is 0 Å². The number of likely N-dealkylation sites (N-methyl/N-ethyl adjacent to an activating group) is 1. The van der Waals surface area contributed by atoms with Crippen LogP contribution in [0.2, 0.25) is 0 Å². The van der Waals surface area contributed by atoms with Crippen molar-refractivity contribution in [3.05, 3.63) is 11.9 Å². The first-order valence-electron chi connectivity index (χ1n) is 5.73. The summed E-state index contributed by atoms with van der Waals surface area (Å²) >= 11 is 0. The molecular formula is C10H20N4O2S. The van der Waals surface area contributed by atoms with Gasteiger partial charge in [0.1, 0.15) is 4.90 Å². The molecule has 1 aromatic rings. The van der Waals surface area contributed by atoms with Crippen LogP contribution >= 0.6 is 0 Å². The number of hydrogen-bond donors (Lipinski definition) is 2. The number of hydrogen-bond acceptors (Lipinski definition) is 4. The molecule has 0 aliphatic carbocycles. The number of nitrogens with zero attached hydrogens (tertiary/aromatic N) is 2. The summed E-state index contributed by atoms with van der Waals surface area (Å²) in [6.45, 7) is 8.76. The highest BCUT2D eigenvalue weighted by molar-refractivity contribution is 7.89. The SMILES string of the molecule is CCN(CC)CCNS(=O)(=O)c1cn[nH]c1C. The van der Waals surface area contributed by atoms with E-state index in [1.807, 2.05) is 0 Å². The lowest BCUT2D eigenvalue weighted by Crippen LogP contribution is -2.34. The summed E-state index contributed by atoms with van der Waals surface area (Å²) in [5.74, 6) is 0. The topological polar surface area (TPSA) is 78.1 Å². The Balaban J connectivity index is 2.55. The molecule has 7 heteroatoms. The fraction of sp³-hybridized carbons (Fsp3) is 0.700. The third kappa shape index (κ3) is 3.79. The highest BCUT2D eigenvalue weighted by Gasteiger charge is 2.17. The van der Waals surface area contributed by atoms with Crippen LogP contribution in [0.5, 0.6) is 0 Å². The van der Waals surface area contributed by atoms with Crippen LogP contribution < -0.4 is 4.72 Å². The zero-order valence-electron chi connectivity index (χ0n) is 10.5. The Morgan fingerprint density at radius 2 is 2.06 bits per heavy atom. The normalized spacial score (nSPS) is 12.2. The van der Waals surface area contributed by atoms with Gasteiger partial charge in [-0.1, -0.05) is 13.8 Å². The monoisotopic (exact) mass is 260 g/mol. The van der Waals surface area contributed by atoms with Gasteiger partial charge in [-0.15, -0.1) is 0 Å². The van der Waals surface area contributed by atoms with Crippen molar-refractivity contribution in [2.45, 2.75) is 25.7 Å². The lowest BCUT2D eigenvalue weighted by atomic mass is 10.5. The smallest absolute Gasteiger partial charge is 0.243 e. The summed E-state index contributed by atoms with van der Waals surface area (Å²) in [5, 5.41) is 6.33. The molecule has 98 valence electrons. The largest absolute Gasteiger partial charge is 0.303 e. The predicted octanol–water partition coefficient (Wildman–Crippen LogP) is 0.338. The van der Waals surface area contributed by atoms with Crippen LogP contribution in [0, 0.1) is 6.92 Å². The van der Waals surface area contributed by atoms with E-state index in [-0.39, 0.29) is 4.90 Å². The van der Waals surface area contributed by atoms with Crippen LogP contribution in [0.15, 0.2) is 11.1 Å². The summed E-state index contributed by atoms with van der Waals surface area (Å²) in [6.07, 6.45) is 1.33. The van der Waals surface area contributed by atoms with Crippen LogP contribution in [-0.4, -0.2) is 49.7 Å². The second kappa shape index (κ2) is 6.13. The van der Waals surface area contributed by atoms with E-state index in [9.17, 15) is 8.42 Å². The van der Waals surface area contributed by atoms with Crippen molar-refractivity contribution >= 4 is 10.0 Å². The summed E-state index contributed by atoms with van der Waals surface area (Å²) < 4.78 is 26.3. The standard InChI is InChI=1S/C10H20N4O2S/c1-4-14(5-2)7-6-12-17(15,16)10-8-11-13-9(10)3/h8,12H,4-7H2,1-3H3,(H,11,13). The minimum absolute atomic E-state index is 0.219. The van der Waals surface area contributed by atoms with Crippen molar-refractivity contribution in [2.24, 2.45) is 0 Å². The Kier molecular flexibility index (Phi) is 5.10. The molecular weight excluding hydrogens is 240 g/mol. The fourth-order valence-corrected chi connectivity index (χ4v) is 2.72. The van der Waals surface area contributed by atoms with E-state index in [4.69, 9.17) is 0 Å². The molecule has 0 saturated heterocycles. The predicted molar refractivity (Wildman–Crippen MR) is 66.3 cm³/mol. The second-order valence-electron chi connectivity index (χ2n) is 3.78. The zero-order chi connectivity index (χ0) is 12.9. The number of nitrogens with one attached hydrogen (secondary N) is 2. The minimum atomic E-state index is -3.43. The van der Waals surface area contributed by atoms with Gasteiger partial charge in [0.05, 0.1) is 11.9 Å². The highest BCUT2D eigenvalue weighted by atomic mass is 32.2. The van der Waals surface area contributed by atoms with Crippen LogP contribution in [0.25, 0.3) is 0 Å². The molecule has 0 fully saturated rings. The maximum Gasteiger partial charge on any atom is 0.243 e. The molecule has 1 rings (SSSR count). The lowest BCUT2D eigenvalue weighted by Gasteiger charge is -2.17. The molecule has 6 nitrogen and oxygen atoms in total. The highest BCUT2D eigenvalue weighted by Crippen LogP contribution is 2.10. The Morgan fingerprint density at radius 3 is 2.53 bits per heavy atom. The van der Waals surface area contributed by atoms with Gasteiger partial charge in [0, 0.05) is 13.1 Å². The van der Waals surface area contributed by atoms with Gasteiger partial charge in [-0.05, 0) is 20.0 Å². The first-order valence-corrected chi connectivity index (χ1v) is 7.21. The van der Waals surface area contributed by atoms with Crippen molar-refractivity contribution in [1.82, 2.24) is 19.8 Å². The van der Waals surface area contributed by atoms with Gasteiger partial charge in [-0.25, -0.2) is 13.1 Å². The fourth-order valence-electron chi connectivity index (χ4n) is 1.57. The molecule has 1 aromatic heterocycles. The van der Waals surface area contributed by atoms with Crippen LogP contribution in [-0.2, 0) is 10.0 Å². The van der Waals surface area contributed by atoms with Gasteiger partial charge in [0.15, 0.2) is 0 Å². The lowest BCUT2D eigenvalue weighted by molar-refractivity contribution is 0.309. The number of H-pyrrole nitrogens is 1. The maximum atomic E-state index is 11.9. The molecule has 0 bridgehead atoms. The Morgan fingerprint density at radius 1 is 1.41 bits per heavy atom. The van der Waals surface area contributed by atoms with Gasteiger partial charge < -0.3 is 4.90 Å². The first-order chi connectivity index (χ1) is 8.01. The molecule has 0 atom stereocenters. The number of rotatable bonds is 7. The average molecular weight is 260 g/mol.